The predicted molar refractivity (Wildman–Crippen MR) is 66.8 cm³/mol. The Hall–Kier alpha value is -1.90. The molecule has 1 aromatic heterocycles. The van der Waals surface area contributed by atoms with E-state index in [1.54, 1.807) is 6.26 Å². The second-order valence-corrected chi connectivity index (χ2v) is 3.88. The van der Waals surface area contributed by atoms with Crippen molar-refractivity contribution in [1.29, 1.82) is 0 Å². The summed E-state index contributed by atoms with van der Waals surface area (Å²) >= 11 is 0. The fourth-order valence-electron chi connectivity index (χ4n) is 1.50. The molecule has 0 aliphatic rings. The highest BCUT2D eigenvalue weighted by molar-refractivity contribution is 5.57. The molecule has 0 unspecified atom stereocenters. The molecule has 0 aliphatic heterocycles. The molecule has 3 nitrogen and oxygen atoms in total. The molecule has 0 amide bonds. The third kappa shape index (κ3) is 2.57. The number of hydrogen-bond donors (Lipinski definition) is 1. The van der Waals surface area contributed by atoms with Gasteiger partial charge in [-0.15, -0.1) is 0 Å². The Morgan fingerprint density at radius 2 is 2.06 bits per heavy atom. The van der Waals surface area contributed by atoms with Crippen LogP contribution in [0.5, 0.6) is 0 Å². The van der Waals surface area contributed by atoms with E-state index in [2.05, 4.69) is 28.4 Å². The summed E-state index contributed by atoms with van der Waals surface area (Å²) in [6, 6.07) is 12.1. The maximum atomic E-state index is 5.26. The Labute approximate surface area is 95.7 Å². The summed E-state index contributed by atoms with van der Waals surface area (Å²) in [7, 11) is 4.07. The van der Waals surface area contributed by atoms with Gasteiger partial charge in [0.2, 0.25) is 0 Å². The molecule has 3 heteroatoms. The van der Waals surface area contributed by atoms with Crippen molar-refractivity contribution in [2.24, 2.45) is 0 Å². The lowest BCUT2D eigenvalue weighted by atomic mass is 10.2. The third-order valence-electron chi connectivity index (χ3n) is 2.41. The summed E-state index contributed by atoms with van der Waals surface area (Å²) in [6.07, 6.45) is 1.69. The minimum absolute atomic E-state index is 0.712. The van der Waals surface area contributed by atoms with Crippen molar-refractivity contribution in [3.05, 3.63) is 48.4 Å². The highest BCUT2D eigenvalue weighted by Crippen LogP contribution is 2.17. The van der Waals surface area contributed by atoms with E-state index < -0.39 is 0 Å². The summed E-state index contributed by atoms with van der Waals surface area (Å²) in [5.74, 6) is 0.940. The second-order valence-electron chi connectivity index (χ2n) is 3.88. The van der Waals surface area contributed by atoms with E-state index in [4.69, 9.17) is 4.42 Å². The average Bonchev–Trinajstić information content (AvgIpc) is 2.79. The second kappa shape index (κ2) is 4.75. The van der Waals surface area contributed by atoms with Crippen molar-refractivity contribution in [3.8, 4) is 0 Å². The van der Waals surface area contributed by atoms with E-state index in [0.717, 1.165) is 11.4 Å². The first-order valence-corrected chi connectivity index (χ1v) is 5.29. The molecular weight excluding hydrogens is 200 g/mol. The third-order valence-corrected chi connectivity index (χ3v) is 2.41. The zero-order valence-corrected chi connectivity index (χ0v) is 9.60. The topological polar surface area (TPSA) is 28.4 Å². The van der Waals surface area contributed by atoms with Crippen molar-refractivity contribution in [2.75, 3.05) is 24.3 Å². The van der Waals surface area contributed by atoms with Gasteiger partial charge < -0.3 is 14.6 Å². The zero-order valence-electron chi connectivity index (χ0n) is 9.60. The van der Waals surface area contributed by atoms with Gasteiger partial charge in [0.05, 0.1) is 12.8 Å². The van der Waals surface area contributed by atoms with Gasteiger partial charge in [-0.05, 0) is 30.3 Å². The maximum absolute atomic E-state index is 5.26. The highest BCUT2D eigenvalue weighted by atomic mass is 16.3. The number of benzene rings is 1. The van der Waals surface area contributed by atoms with Gasteiger partial charge >= 0.3 is 0 Å². The fraction of sp³-hybridized carbons (Fsp3) is 0.231. The molecular formula is C13H16N2O. The first-order chi connectivity index (χ1) is 7.75. The zero-order chi connectivity index (χ0) is 11.4. The van der Waals surface area contributed by atoms with Crippen molar-refractivity contribution in [3.63, 3.8) is 0 Å². The van der Waals surface area contributed by atoms with Gasteiger partial charge in [-0.1, -0.05) is 6.07 Å². The lowest BCUT2D eigenvalue weighted by Crippen LogP contribution is -2.09. The molecule has 0 spiro atoms. The number of nitrogens with zero attached hydrogens (tertiary/aromatic N) is 1. The lowest BCUT2D eigenvalue weighted by molar-refractivity contribution is 0.518. The van der Waals surface area contributed by atoms with Gasteiger partial charge in [0, 0.05) is 25.5 Å². The molecule has 2 aromatic rings. The molecule has 1 N–H and O–H groups in total. The highest BCUT2D eigenvalue weighted by Gasteiger charge is 1.98. The SMILES string of the molecule is CN(C)c1cccc(NCc2ccco2)c1. The fourth-order valence-corrected chi connectivity index (χ4v) is 1.50. The molecule has 2 rings (SSSR count). The van der Waals surface area contributed by atoms with Crippen LogP contribution in [-0.2, 0) is 6.54 Å². The van der Waals surface area contributed by atoms with Crippen LogP contribution in [0.1, 0.15) is 5.76 Å². The van der Waals surface area contributed by atoms with Crippen molar-refractivity contribution < 1.29 is 4.42 Å². The Balaban J connectivity index is 2.01. The van der Waals surface area contributed by atoms with E-state index in [1.165, 1.54) is 5.69 Å². The average molecular weight is 216 g/mol. The predicted octanol–water partition coefficient (Wildman–Crippen LogP) is 2.96. The molecule has 1 aromatic carbocycles. The van der Waals surface area contributed by atoms with Gasteiger partial charge in [0.15, 0.2) is 0 Å². The van der Waals surface area contributed by atoms with E-state index in [9.17, 15) is 0 Å². The van der Waals surface area contributed by atoms with Crippen LogP contribution in [0, 0.1) is 0 Å². The summed E-state index contributed by atoms with van der Waals surface area (Å²) < 4.78 is 5.26. The smallest absolute Gasteiger partial charge is 0.122 e. The molecule has 0 bridgehead atoms. The summed E-state index contributed by atoms with van der Waals surface area (Å²) in [4.78, 5) is 2.08. The van der Waals surface area contributed by atoms with Gasteiger partial charge in [0.1, 0.15) is 5.76 Å². The molecule has 84 valence electrons. The number of furan rings is 1. The largest absolute Gasteiger partial charge is 0.467 e. The number of nitrogens with one attached hydrogen (secondary N) is 1. The van der Waals surface area contributed by atoms with E-state index in [0.29, 0.717) is 6.54 Å². The minimum atomic E-state index is 0.712. The van der Waals surface area contributed by atoms with Crippen LogP contribution < -0.4 is 10.2 Å². The summed E-state index contributed by atoms with van der Waals surface area (Å²) in [6.45, 7) is 0.712. The van der Waals surface area contributed by atoms with Crippen LogP contribution in [0.25, 0.3) is 0 Å². The number of hydrogen-bond acceptors (Lipinski definition) is 3. The quantitative estimate of drug-likeness (QED) is 0.851. The monoisotopic (exact) mass is 216 g/mol. The Kier molecular flexibility index (Phi) is 3.15. The van der Waals surface area contributed by atoms with Crippen LogP contribution >= 0.6 is 0 Å². The van der Waals surface area contributed by atoms with Gasteiger partial charge in [-0.3, -0.25) is 0 Å². The van der Waals surface area contributed by atoms with Crippen molar-refractivity contribution in [1.82, 2.24) is 0 Å². The summed E-state index contributed by atoms with van der Waals surface area (Å²) in [5, 5.41) is 3.32. The normalized spacial score (nSPS) is 10.1. The van der Waals surface area contributed by atoms with Crippen LogP contribution in [-0.4, -0.2) is 14.1 Å². The molecule has 16 heavy (non-hydrogen) atoms. The molecule has 0 aliphatic carbocycles. The van der Waals surface area contributed by atoms with Crippen molar-refractivity contribution >= 4 is 11.4 Å². The standard InChI is InChI=1S/C13H16N2O/c1-15(2)12-6-3-5-11(9-12)14-10-13-7-4-8-16-13/h3-9,14H,10H2,1-2H3. The van der Waals surface area contributed by atoms with E-state index in [-0.39, 0.29) is 0 Å². The van der Waals surface area contributed by atoms with E-state index in [1.807, 2.05) is 32.3 Å². The minimum Gasteiger partial charge on any atom is -0.467 e. The van der Waals surface area contributed by atoms with Crippen LogP contribution in [0.3, 0.4) is 0 Å². The molecule has 0 saturated carbocycles. The Bertz CT molecular complexity index is 435. The molecule has 0 radical (unpaired) electrons. The Morgan fingerprint density at radius 3 is 2.75 bits per heavy atom. The van der Waals surface area contributed by atoms with E-state index >= 15 is 0 Å². The first kappa shape index (κ1) is 10.6. The number of rotatable bonds is 4. The van der Waals surface area contributed by atoms with Crippen LogP contribution in [0.4, 0.5) is 11.4 Å². The van der Waals surface area contributed by atoms with Gasteiger partial charge in [-0.2, -0.15) is 0 Å². The number of anilines is 2. The Morgan fingerprint density at radius 1 is 1.19 bits per heavy atom. The first-order valence-electron chi connectivity index (χ1n) is 5.29. The molecule has 1 heterocycles. The lowest BCUT2D eigenvalue weighted by Gasteiger charge is -2.14. The molecule has 0 atom stereocenters. The van der Waals surface area contributed by atoms with Crippen molar-refractivity contribution in [2.45, 2.75) is 6.54 Å². The summed E-state index contributed by atoms with van der Waals surface area (Å²) in [5.41, 5.74) is 2.28. The van der Waals surface area contributed by atoms with Gasteiger partial charge in [-0.25, -0.2) is 0 Å². The van der Waals surface area contributed by atoms with Crippen LogP contribution in [0.2, 0.25) is 0 Å². The van der Waals surface area contributed by atoms with Crippen LogP contribution in [0.15, 0.2) is 47.1 Å². The van der Waals surface area contributed by atoms with Gasteiger partial charge in [0.25, 0.3) is 0 Å². The molecule has 0 fully saturated rings. The maximum Gasteiger partial charge on any atom is 0.122 e. The molecule has 0 saturated heterocycles.